The van der Waals surface area contributed by atoms with Gasteiger partial charge in [-0.3, -0.25) is 4.90 Å². The van der Waals surface area contributed by atoms with E-state index in [0.717, 1.165) is 19.6 Å². The van der Waals surface area contributed by atoms with Gasteiger partial charge in [0.15, 0.2) is 0 Å². The first-order chi connectivity index (χ1) is 7.10. The van der Waals surface area contributed by atoms with Crippen molar-refractivity contribution >= 4 is 0 Å². The Morgan fingerprint density at radius 1 is 1.07 bits per heavy atom. The van der Waals surface area contributed by atoms with Crippen LogP contribution in [-0.4, -0.2) is 37.7 Å². The molecule has 0 bridgehead atoms. The second kappa shape index (κ2) is 13.9. The first kappa shape index (κ1) is 20.3. The van der Waals surface area contributed by atoms with Gasteiger partial charge in [0.2, 0.25) is 0 Å². The van der Waals surface area contributed by atoms with Crippen molar-refractivity contribution in [3.8, 4) is 0 Å². The standard InChI is InChI=1S/C9H21NO.2C2H6/c1-6-9(3,8-11-5)10(4)7-2;2*1-2/h6-8H2,1-5H3;2*1-2H3. The van der Waals surface area contributed by atoms with Gasteiger partial charge in [0.25, 0.3) is 0 Å². The van der Waals surface area contributed by atoms with Gasteiger partial charge in [-0.2, -0.15) is 0 Å². The Balaban J connectivity index is -0.000000318. The van der Waals surface area contributed by atoms with E-state index in [1.54, 1.807) is 7.11 Å². The molecular formula is C13H33NO. The minimum Gasteiger partial charge on any atom is -0.383 e. The van der Waals surface area contributed by atoms with Crippen LogP contribution >= 0.6 is 0 Å². The van der Waals surface area contributed by atoms with Crippen molar-refractivity contribution < 1.29 is 4.74 Å². The average molecular weight is 219 g/mol. The molecular weight excluding hydrogens is 186 g/mol. The molecule has 1 unspecified atom stereocenters. The summed E-state index contributed by atoms with van der Waals surface area (Å²) in [6, 6.07) is 0. The van der Waals surface area contributed by atoms with Gasteiger partial charge in [0.05, 0.1) is 6.61 Å². The topological polar surface area (TPSA) is 12.5 Å². The summed E-state index contributed by atoms with van der Waals surface area (Å²) in [5.41, 5.74) is 0.212. The summed E-state index contributed by atoms with van der Waals surface area (Å²) in [7, 11) is 3.90. The Bertz CT molecular complexity index is 107. The number of rotatable bonds is 5. The minimum absolute atomic E-state index is 0.212. The van der Waals surface area contributed by atoms with Crippen molar-refractivity contribution in [1.29, 1.82) is 0 Å². The SMILES string of the molecule is CC.CC.CCN(C)C(C)(CC)COC. The van der Waals surface area contributed by atoms with Gasteiger partial charge in [-0.05, 0) is 26.9 Å². The van der Waals surface area contributed by atoms with Gasteiger partial charge in [0, 0.05) is 12.6 Å². The lowest BCUT2D eigenvalue weighted by Gasteiger charge is -2.36. The van der Waals surface area contributed by atoms with Gasteiger partial charge < -0.3 is 4.74 Å². The van der Waals surface area contributed by atoms with E-state index in [2.05, 4.69) is 32.7 Å². The molecule has 0 saturated carbocycles. The van der Waals surface area contributed by atoms with Gasteiger partial charge in [0.1, 0.15) is 0 Å². The van der Waals surface area contributed by atoms with Crippen molar-refractivity contribution in [3.63, 3.8) is 0 Å². The summed E-state index contributed by atoms with van der Waals surface area (Å²) < 4.78 is 5.18. The Kier molecular flexibility index (Phi) is 18.9. The third-order valence-electron chi connectivity index (χ3n) is 2.61. The summed E-state index contributed by atoms with van der Waals surface area (Å²) in [5, 5.41) is 0. The molecule has 0 N–H and O–H groups in total. The maximum atomic E-state index is 5.18. The zero-order valence-electron chi connectivity index (χ0n) is 12.5. The minimum atomic E-state index is 0.212. The normalized spacial score (nSPS) is 13.2. The molecule has 0 fully saturated rings. The third kappa shape index (κ3) is 8.88. The zero-order valence-corrected chi connectivity index (χ0v) is 12.5. The Morgan fingerprint density at radius 3 is 1.67 bits per heavy atom. The van der Waals surface area contributed by atoms with Crippen molar-refractivity contribution in [1.82, 2.24) is 4.90 Å². The first-order valence-corrected chi connectivity index (χ1v) is 6.31. The lowest BCUT2D eigenvalue weighted by atomic mass is 9.98. The molecule has 0 aliphatic carbocycles. The van der Waals surface area contributed by atoms with E-state index in [-0.39, 0.29) is 5.54 Å². The summed E-state index contributed by atoms with van der Waals surface area (Å²) in [4.78, 5) is 2.33. The molecule has 0 radical (unpaired) electrons. The van der Waals surface area contributed by atoms with Crippen LogP contribution in [0, 0.1) is 0 Å². The van der Waals surface area contributed by atoms with E-state index >= 15 is 0 Å². The summed E-state index contributed by atoms with van der Waals surface area (Å²) in [6.45, 7) is 16.5. The van der Waals surface area contributed by atoms with Crippen LogP contribution in [0.15, 0.2) is 0 Å². The van der Waals surface area contributed by atoms with E-state index < -0.39 is 0 Å². The molecule has 1 atom stereocenters. The van der Waals surface area contributed by atoms with E-state index in [9.17, 15) is 0 Å². The Morgan fingerprint density at radius 2 is 1.47 bits per heavy atom. The molecule has 0 aromatic heterocycles. The number of ether oxygens (including phenoxy) is 1. The van der Waals surface area contributed by atoms with E-state index in [1.807, 2.05) is 27.7 Å². The Labute approximate surface area is 98.0 Å². The molecule has 2 nitrogen and oxygen atoms in total. The molecule has 0 amide bonds. The van der Waals surface area contributed by atoms with Crippen LogP contribution < -0.4 is 0 Å². The fraction of sp³-hybridized carbons (Fsp3) is 1.00. The lowest BCUT2D eigenvalue weighted by molar-refractivity contribution is 0.0382. The average Bonchev–Trinajstić information content (AvgIpc) is 2.33. The summed E-state index contributed by atoms with van der Waals surface area (Å²) >= 11 is 0. The molecule has 0 heterocycles. The third-order valence-corrected chi connectivity index (χ3v) is 2.61. The highest BCUT2D eigenvalue weighted by Crippen LogP contribution is 2.17. The highest BCUT2D eigenvalue weighted by Gasteiger charge is 2.25. The number of likely N-dealkylation sites (N-methyl/N-ethyl adjacent to an activating group) is 1. The number of methoxy groups -OCH3 is 1. The van der Waals surface area contributed by atoms with Crippen molar-refractivity contribution in [2.24, 2.45) is 0 Å². The molecule has 0 aromatic carbocycles. The second-order valence-corrected chi connectivity index (χ2v) is 3.30. The van der Waals surface area contributed by atoms with Crippen LogP contribution in [0.3, 0.4) is 0 Å². The molecule has 0 rings (SSSR count). The highest BCUT2D eigenvalue weighted by atomic mass is 16.5. The monoisotopic (exact) mass is 219 g/mol. The smallest absolute Gasteiger partial charge is 0.0643 e. The predicted octanol–water partition coefficient (Wildman–Crippen LogP) is 3.81. The second-order valence-electron chi connectivity index (χ2n) is 3.30. The van der Waals surface area contributed by atoms with Crippen molar-refractivity contribution in [2.45, 2.75) is 60.4 Å². The van der Waals surface area contributed by atoms with Crippen LogP contribution in [-0.2, 0) is 4.74 Å². The van der Waals surface area contributed by atoms with Crippen LogP contribution in [0.1, 0.15) is 54.9 Å². The fourth-order valence-corrected chi connectivity index (χ4v) is 1.17. The van der Waals surface area contributed by atoms with Gasteiger partial charge in [-0.1, -0.05) is 41.5 Å². The Hall–Kier alpha value is -0.0800. The van der Waals surface area contributed by atoms with E-state index in [1.165, 1.54) is 0 Å². The molecule has 0 saturated heterocycles. The lowest BCUT2D eigenvalue weighted by Crippen LogP contribution is -2.46. The van der Waals surface area contributed by atoms with E-state index in [4.69, 9.17) is 4.74 Å². The molecule has 15 heavy (non-hydrogen) atoms. The molecule has 0 aromatic rings. The summed E-state index contributed by atoms with van der Waals surface area (Å²) in [5.74, 6) is 0. The molecule has 0 aliphatic heterocycles. The molecule has 2 heteroatoms. The first-order valence-electron chi connectivity index (χ1n) is 6.31. The molecule has 0 aliphatic rings. The predicted molar refractivity (Wildman–Crippen MR) is 71.6 cm³/mol. The quantitative estimate of drug-likeness (QED) is 0.697. The fourth-order valence-electron chi connectivity index (χ4n) is 1.17. The number of nitrogens with zero attached hydrogens (tertiary/aromatic N) is 1. The van der Waals surface area contributed by atoms with Crippen LogP contribution in [0.5, 0.6) is 0 Å². The molecule has 96 valence electrons. The number of hydrogen-bond donors (Lipinski definition) is 0. The zero-order chi connectivity index (χ0) is 12.9. The number of hydrogen-bond acceptors (Lipinski definition) is 2. The van der Waals surface area contributed by atoms with Crippen molar-refractivity contribution in [2.75, 3.05) is 27.3 Å². The van der Waals surface area contributed by atoms with Gasteiger partial charge >= 0.3 is 0 Å². The van der Waals surface area contributed by atoms with Crippen LogP contribution in [0.2, 0.25) is 0 Å². The maximum absolute atomic E-state index is 5.18. The van der Waals surface area contributed by atoms with Gasteiger partial charge in [-0.25, -0.2) is 0 Å². The molecule has 0 spiro atoms. The van der Waals surface area contributed by atoms with Crippen LogP contribution in [0.4, 0.5) is 0 Å². The van der Waals surface area contributed by atoms with E-state index in [0.29, 0.717) is 0 Å². The largest absolute Gasteiger partial charge is 0.383 e. The van der Waals surface area contributed by atoms with Crippen LogP contribution in [0.25, 0.3) is 0 Å². The highest BCUT2D eigenvalue weighted by molar-refractivity contribution is 4.81. The van der Waals surface area contributed by atoms with Crippen molar-refractivity contribution in [3.05, 3.63) is 0 Å². The maximum Gasteiger partial charge on any atom is 0.0643 e. The van der Waals surface area contributed by atoms with Gasteiger partial charge in [-0.15, -0.1) is 0 Å². The summed E-state index contributed by atoms with van der Waals surface area (Å²) in [6.07, 6.45) is 1.13.